The van der Waals surface area contributed by atoms with E-state index in [-0.39, 0.29) is 12.0 Å². The first kappa shape index (κ1) is 16.8. The molecule has 3 heterocycles. The molecule has 6 nitrogen and oxygen atoms in total. The van der Waals surface area contributed by atoms with Gasteiger partial charge in [0, 0.05) is 39.1 Å². The van der Waals surface area contributed by atoms with Crippen LogP contribution in [0, 0.1) is 0 Å². The molecule has 1 saturated heterocycles. The van der Waals surface area contributed by atoms with Gasteiger partial charge in [-0.25, -0.2) is 0 Å². The molecule has 1 atom stereocenters. The van der Waals surface area contributed by atoms with Gasteiger partial charge in [-0.2, -0.15) is 0 Å². The number of nitrogens with zero attached hydrogens (tertiary/aromatic N) is 3. The van der Waals surface area contributed by atoms with E-state index < -0.39 is 0 Å². The van der Waals surface area contributed by atoms with Crippen molar-refractivity contribution in [3.8, 4) is 0 Å². The quantitative estimate of drug-likeness (QED) is 0.848. The molecule has 0 N–H and O–H groups in total. The molecule has 0 aliphatic carbocycles. The lowest BCUT2D eigenvalue weighted by molar-refractivity contribution is 0.0529. The Kier molecular flexibility index (Phi) is 5.02. The molecule has 0 radical (unpaired) electrons. The lowest BCUT2D eigenvalue weighted by atomic mass is 10.0. The minimum absolute atomic E-state index is 0.0244. The van der Waals surface area contributed by atoms with Crippen molar-refractivity contribution in [3.63, 3.8) is 0 Å². The lowest BCUT2D eigenvalue weighted by Crippen LogP contribution is -2.37. The number of amides is 1. The summed E-state index contributed by atoms with van der Waals surface area (Å²) >= 11 is 0. The van der Waals surface area contributed by atoms with Crippen molar-refractivity contribution < 1.29 is 14.0 Å². The third-order valence-corrected chi connectivity index (χ3v) is 4.91. The van der Waals surface area contributed by atoms with Gasteiger partial charge in [-0.1, -0.05) is 35.5 Å². The van der Waals surface area contributed by atoms with Crippen LogP contribution in [-0.4, -0.2) is 60.2 Å². The molecule has 2 aliphatic heterocycles. The lowest BCUT2D eigenvalue weighted by Gasteiger charge is -2.23. The van der Waals surface area contributed by atoms with Crippen LogP contribution in [0.2, 0.25) is 0 Å². The van der Waals surface area contributed by atoms with Gasteiger partial charge in [-0.15, -0.1) is 0 Å². The van der Waals surface area contributed by atoms with E-state index in [0.29, 0.717) is 12.3 Å². The fraction of sp³-hybridized carbons (Fsp3) is 0.400. The summed E-state index contributed by atoms with van der Waals surface area (Å²) in [6.45, 7) is 4.10. The van der Waals surface area contributed by atoms with Gasteiger partial charge in [0.05, 0.1) is 12.0 Å². The SMILES string of the molecule is O=C(c1ccco1)N1CCCN(C[C@@H]2CC(c3ccccc3)=NO2)CC1. The number of hydrogen-bond donors (Lipinski definition) is 0. The van der Waals surface area contributed by atoms with Gasteiger partial charge in [0.15, 0.2) is 5.76 Å². The van der Waals surface area contributed by atoms with Crippen LogP contribution in [0.1, 0.15) is 29.0 Å². The zero-order chi connectivity index (χ0) is 17.8. The second-order valence-electron chi connectivity index (χ2n) is 6.76. The molecule has 1 amide bonds. The van der Waals surface area contributed by atoms with Crippen LogP contribution in [-0.2, 0) is 4.84 Å². The van der Waals surface area contributed by atoms with Crippen LogP contribution in [0.15, 0.2) is 58.3 Å². The monoisotopic (exact) mass is 353 g/mol. The molecule has 0 bridgehead atoms. The maximum atomic E-state index is 12.4. The highest BCUT2D eigenvalue weighted by molar-refractivity contribution is 6.01. The summed E-state index contributed by atoms with van der Waals surface area (Å²) in [6.07, 6.45) is 3.40. The highest BCUT2D eigenvalue weighted by Gasteiger charge is 2.27. The van der Waals surface area contributed by atoms with E-state index in [1.165, 1.54) is 0 Å². The highest BCUT2D eigenvalue weighted by atomic mass is 16.6. The van der Waals surface area contributed by atoms with Gasteiger partial charge in [-0.05, 0) is 24.1 Å². The first-order valence-electron chi connectivity index (χ1n) is 9.13. The molecule has 6 heteroatoms. The molecule has 4 rings (SSSR count). The zero-order valence-electron chi connectivity index (χ0n) is 14.7. The third kappa shape index (κ3) is 3.80. The molecule has 1 aromatic heterocycles. The Labute approximate surface area is 153 Å². The second kappa shape index (κ2) is 7.74. The molecule has 1 fully saturated rings. The molecule has 1 aromatic carbocycles. The van der Waals surface area contributed by atoms with Crippen molar-refractivity contribution in [2.24, 2.45) is 5.16 Å². The van der Waals surface area contributed by atoms with Crippen molar-refractivity contribution in [3.05, 3.63) is 60.1 Å². The average Bonchev–Trinajstić information content (AvgIpc) is 3.31. The molecule has 2 aliphatic rings. The minimum atomic E-state index is -0.0244. The van der Waals surface area contributed by atoms with E-state index >= 15 is 0 Å². The van der Waals surface area contributed by atoms with E-state index in [2.05, 4.69) is 22.2 Å². The number of carbonyl (C=O) groups is 1. The third-order valence-electron chi connectivity index (χ3n) is 4.91. The largest absolute Gasteiger partial charge is 0.459 e. The standard InChI is InChI=1S/C20H23N3O3/c24-20(19-8-4-13-25-19)23-10-5-9-22(11-12-23)15-17-14-18(21-26-17)16-6-2-1-3-7-16/h1-4,6-8,13,17H,5,9-12,14-15H2/t17-/m0/s1. The molecular weight excluding hydrogens is 330 g/mol. The summed E-state index contributed by atoms with van der Waals surface area (Å²) in [5, 5.41) is 4.27. The van der Waals surface area contributed by atoms with Crippen molar-refractivity contribution >= 4 is 11.6 Å². The normalized spacial score (nSPS) is 21.2. The number of benzene rings is 1. The molecule has 0 saturated carbocycles. The van der Waals surface area contributed by atoms with Gasteiger partial charge >= 0.3 is 0 Å². The fourth-order valence-electron chi connectivity index (χ4n) is 3.53. The van der Waals surface area contributed by atoms with Gasteiger partial charge in [-0.3, -0.25) is 9.69 Å². The van der Waals surface area contributed by atoms with Crippen molar-refractivity contribution in [1.82, 2.24) is 9.80 Å². The Morgan fingerprint density at radius 1 is 1.08 bits per heavy atom. The maximum Gasteiger partial charge on any atom is 0.289 e. The van der Waals surface area contributed by atoms with Crippen LogP contribution in [0.4, 0.5) is 0 Å². The Morgan fingerprint density at radius 3 is 2.77 bits per heavy atom. The van der Waals surface area contributed by atoms with Crippen LogP contribution >= 0.6 is 0 Å². The van der Waals surface area contributed by atoms with E-state index in [4.69, 9.17) is 9.25 Å². The summed E-state index contributed by atoms with van der Waals surface area (Å²) in [6, 6.07) is 13.6. The topological polar surface area (TPSA) is 58.3 Å². The molecule has 26 heavy (non-hydrogen) atoms. The zero-order valence-corrected chi connectivity index (χ0v) is 14.7. The van der Waals surface area contributed by atoms with Crippen molar-refractivity contribution in [2.75, 3.05) is 32.7 Å². The van der Waals surface area contributed by atoms with Crippen molar-refractivity contribution in [2.45, 2.75) is 18.9 Å². The predicted molar refractivity (Wildman–Crippen MR) is 98.1 cm³/mol. The molecule has 0 unspecified atom stereocenters. The molecule has 136 valence electrons. The summed E-state index contributed by atoms with van der Waals surface area (Å²) in [7, 11) is 0. The molecular formula is C20H23N3O3. The Hall–Kier alpha value is -2.60. The number of hydrogen-bond acceptors (Lipinski definition) is 5. The van der Waals surface area contributed by atoms with Crippen molar-refractivity contribution in [1.29, 1.82) is 0 Å². The Morgan fingerprint density at radius 2 is 1.96 bits per heavy atom. The highest BCUT2D eigenvalue weighted by Crippen LogP contribution is 2.18. The van der Waals surface area contributed by atoms with E-state index in [1.54, 1.807) is 18.4 Å². The fourth-order valence-corrected chi connectivity index (χ4v) is 3.53. The Bertz CT molecular complexity index is 758. The average molecular weight is 353 g/mol. The van der Waals surface area contributed by atoms with E-state index in [1.807, 2.05) is 23.1 Å². The van der Waals surface area contributed by atoms with Crippen LogP contribution in [0.25, 0.3) is 0 Å². The van der Waals surface area contributed by atoms with Crippen LogP contribution in [0.5, 0.6) is 0 Å². The van der Waals surface area contributed by atoms with Crippen LogP contribution < -0.4 is 0 Å². The Balaban J connectivity index is 1.28. The number of carbonyl (C=O) groups excluding carboxylic acids is 1. The minimum Gasteiger partial charge on any atom is -0.459 e. The predicted octanol–water partition coefficient (Wildman–Crippen LogP) is 2.62. The summed E-state index contributed by atoms with van der Waals surface area (Å²) in [5.74, 6) is 0.391. The smallest absolute Gasteiger partial charge is 0.289 e. The van der Waals surface area contributed by atoms with Gasteiger partial charge in [0.1, 0.15) is 6.10 Å². The first-order chi connectivity index (χ1) is 12.8. The van der Waals surface area contributed by atoms with E-state index in [0.717, 1.165) is 50.3 Å². The summed E-state index contributed by atoms with van der Waals surface area (Å²) in [4.78, 5) is 22.3. The summed E-state index contributed by atoms with van der Waals surface area (Å²) < 4.78 is 5.24. The maximum absolute atomic E-state index is 12.4. The molecule has 2 aromatic rings. The van der Waals surface area contributed by atoms with E-state index in [9.17, 15) is 4.79 Å². The number of oxime groups is 1. The number of rotatable bonds is 4. The van der Waals surface area contributed by atoms with Gasteiger partial charge in [0.2, 0.25) is 0 Å². The van der Waals surface area contributed by atoms with Crippen LogP contribution in [0.3, 0.4) is 0 Å². The molecule has 0 spiro atoms. The summed E-state index contributed by atoms with van der Waals surface area (Å²) in [5.41, 5.74) is 2.14. The van der Waals surface area contributed by atoms with Gasteiger partial charge < -0.3 is 14.2 Å². The number of furan rings is 1. The van der Waals surface area contributed by atoms with Gasteiger partial charge in [0.25, 0.3) is 5.91 Å². The first-order valence-corrected chi connectivity index (χ1v) is 9.13. The second-order valence-corrected chi connectivity index (χ2v) is 6.76.